The topological polar surface area (TPSA) is 44.1 Å². The summed E-state index contributed by atoms with van der Waals surface area (Å²) in [5.74, 6) is 0.776. The number of hydrogen-bond donors (Lipinski definition) is 0. The Balaban J connectivity index is 2.13. The summed E-state index contributed by atoms with van der Waals surface area (Å²) < 4.78 is 7.49. The Hall–Kier alpha value is -1.84. The van der Waals surface area contributed by atoms with Crippen molar-refractivity contribution in [3.8, 4) is 0 Å². The van der Waals surface area contributed by atoms with Gasteiger partial charge in [0.05, 0.1) is 17.6 Å². The zero-order valence-electron chi connectivity index (χ0n) is 13.0. The van der Waals surface area contributed by atoms with Crippen LogP contribution >= 0.6 is 0 Å². The third kappa shape index (κ3) is 2.23. The van der Waals surface area contributed by atoms with E-state index in [1.54, 1.807) is 0 Å². The fourth-order valence-corrected chi connectivity index (χ4v) is 2.97. The van der Waals surface area contributed by atoms with Gasteiger partial charge in [0.2, 0.25) is 0 Å². The summed E-state index contributed by atoms with van der Waals surface area (Å²) in [6.45, 7) is 7.38. The lowest BCUT2D eigenvalue weighted by molar-refractivity contribution is -0.146. The number of benzene rings is 1. The van der Waals surface area contributed by atoms with Crippen LogP contribution < -0.4 is 0 Å². The minimum atomic E-state index is -0.502. The molecule has 0 unspecified atom stereocenters. The first kappa shape index (κ1) is 14.1. The number of imidazole rings is 1. The van der Waals surface area contributed by atoms with Gasteiger partial charge >= 0.3 is 5.97 Å². The van der Waals surface area contributed by atoms with Crippen molar-refractivity contribution in [2.45, 2.75) is 52.0 Å². The lowest BCUT2D eigenvalue weighted by atomic mass is 10.1. The lowest BCUT2D eigenvalue weighted by Crippen LogP contribution is -2.27. The molecule has 0 spiro atoms. The van der Waals surface area contributed by atoms with Crippen molar-refractivity contribution in [1.82, 2.24) is 9.55 Å². The van der Waals surface area contributed by atoms with Crippen LogP contribution in [0, 0.1) is 6.92 Å². The average Bonchev–Trinajstić information content (AvgIpc) is 3.19. The van der Waals surface area contributed by atoms with Crippen LogP contribution in [-0.2, 0) is 21.5 Å². The Labute approximate surface area is 125 Å². The molecule has 0 radical (unpaired) electrons. The normalized spacial score (nSPS) is 16.1. The van der Waals surface area contributed by atoms with Crippen molar-refractivity contribution in [2.24, 2.45) is 0 Å². The van der Waals surface area contributed by atoms with E-state index in [9.17, 15) is 4.79 Å². The summed E-state index contributed by atoms with van der Waals surface area (Å²) in [6, 6.07) is 6.30. The van der Waals surface area contributed by atoms with E-state index in [4.69, 9.17) is 9.72 Å². The summed E-state index contributed by atoms with van der Waals surface area (Å²) in [6.07, 6.45) is 2.71. The van der Waals surface area contributed by atoms with E-state index in [1.807, 2.05) is 6.92 Å². The SMILES string of the molecule is CCCn1c(C2(C(=O)OCC)CC2)nc2cc(C)ccc21. The van der Waals surface area contributed by atoms with E-state index in [0.717, 1.165) is 42.7 Å². The van der Waals surface area contributed by atoms with Crippen LogP contribution in [0.15, 0.2) is 18.2 Å². The number of fused-ring (bicyclic) bond motifs is 1. The van der Waals surface area contributed by atoms with Gasteiger partial charge in [-0.2, -0.15) is 0 Å². The van der Waals surface area contributed by atoms with Gasteiger partial charge in [0.15, 0.2) is 0 Å². The molecule has 0 aliphatic heterocycles. The smallest absolute Gasteiger partial charge is 0.319 e. The highest BCUT2D eigenvalue weighted by Crippen LogP contribution is 2.49. The number of esters is 1. The summed E-state index contributed by atoms with van der Waals surface area (Å²) >= 11 is 0. The first-order valence-electron chi connectivity index (χ1n) is 7.77. The minimum Gasteiger partial charge on any atom is -0.465 e. The molecule has 0 bridgehead atoms. The molecule has 1 heterocycles. The van der Waals surface area contributed by atoms with E-state index in [-0.39, 0.29) is 5.97 Å². The zero-order valence-corrected chi connectivity index (χ0v) is 13.0. The molecule has 2 aromatic rings. The number of rotatable bonds is 5. The number of ether oxygens (including phenoxy) is 1. The van der Waals surface area contributed by atoms with Gasteiger partial charge in [0, 0.05) is 6.54 Å². The Kier molecular flexibility index (Phi) is 3.47. The van der Waals surface area contributed by atoms with E-state index in [2.05, 4.69) is 36.6 Å². The van der Waals surface area contributed by atoms with Gasteiger partial charge in [0.1, 0.15) is 11.2 Å². The van der Waals surface area contributed by atoms with Crippen LogP contribution in [0.5, 0.6) is 0 Å². The molecule has 112 valence electrons. The summed E-state index contributed by atoms with van der Waals surface area (Å²) in [5, 5.41) is 0. The molecule has 0 saturated heterocycles. The van der Waals surface area contributed by atoms with Gasteiger partial charge in [-0.25, -0.2) is 4.98 Å². The second-order valence-electron chi connectivity index (χ2n) is 5.88. The predicted molar refractivity (Wildman–Crippen MR) is 82.3 cm³/mol. The average molecular weight is 286 g/mol. The second-order valence-corrected chi connectivity index (χ2v) is 5.88. The summed E-state index contributed by atoms with van der Waals surface area (Å²) in [5.41, 5.74) is 2.79. The zero-order chi connectivity index (χ0) is 15.0. The first-order chi connectivity index (χ1) is 10.1. The van der Waals surface area contributed by atoms with Gasteiger partial charge in [-0.05, 0) is 50.8 Å². The highest BCUT2D eigenvalue weighted by Gasteiger charge is 2.56. The maximum Gasteiger partial charge on any atom is 0.319 e. The van der Waals surface area contributed by atoms with Crippen molar-refractivity contribution in [1.29, 1.82) is 0 Å². The number of carbonyl (C=O) groups is 1. The lowest BCUT2D eigenvalue weighted by Gasteiger charge is -2.15. The van der Waals surface area contributed by atoms with Crippen LogP contribution in [0.1, 0.15) is 44.5 Å². The van der Waals surface area contributed by atoms with Crippen LogP contribution in [-0.4, -0.2) is 22.1 Å². The van der Waals surface area contributed by atoms with Crippen LogP contribution in [0.3, 0.4) is 0 Å². The number of carbonyl (C=O) groups excluding carboxylic acids is 1. The van der Waals surface area contributed by atoms with Gasteiger partial charge in [-0.3, -0.25) is 4.79 Å². The number of nitrogens with zero attached hydrogens (tertiary/aromatic N) is 2. The number of aromatic nitrogens is 2. The second kappa shape index (κ2) is 5.17. The quantitative estimate of drug-likeness (QED) is 0.792. The Morgan fingerprint density at radius 1 is 1.38 bits per heavy atom. The van der Waals surface area contributed by atoms with Gasteiger partial charge < -0.3 is 9.30 Å². The molecule has 1 aliphatic carbocycles. The molecule has 4 heteroatoms. The van der Waals surface area contributed by atoms with Crippen molar-refractivity contribution in [3.05, 3.63) is 29.6 Å². The summed E-state index contributed by atoms with van der Waals surface area (Å²) in [4.78, 5) is 17.1. The monoisotopic (exact) mass is 286 g/mol. The Morgan fingerprint density at radius 3 is 2.76 bits per heavy atom. The molecular weight excluding hydrogens is 264 g/mol. The third-order valence-corrected chi connectivity index (χ3v) is 4.20. The fraction of sp³-hybridized carbons (Fsp3) is 0.529. The largest absolute Gasteiger partial charge is 0.465 e. The van der Waals surface area contributed by atoms with Crippen molar-refractivity contribution in [2.75, 3.05) is 6.61 Å². The molecule has 0 amide bonds. The Bertz CT molecular complexity index is 683. The molecule has 0 atom stereocenters. The molecule has 21 heavy (non-hydrogen) atoms. The van der Waals surface area contributed by atoms with Crippen LogP contribution in [0.25, 0.3) is 11.0 Å². The van der Waals surface area contributed by atoms with E-state index < -0.39 is 5.41 Å². The van der Waals surface area contributed by atoms with Crippen molar-refractivity contribution < 1.29 is 9.53 Å². The molecule has 0 N–H and O–H groups in total. The molecular formula is C17H22N2O2. The molecule has 1 aliphatic rings. The van der Waals surface area contributed by atoms with Crippen molar-refractivity contribution >= 4 is 17.0 Å². The van der Waals surface area contributed by atoms with Crippen LogP contribution in [0.4, 0.5) is 0 Å². The number of hydrogen-bond acceptors (Lipinski definition) is 3. The molecule has 1 fully saturated rings. The van der Waals surface area contributed by atoms with Gasteiger partial charge in [-0.15, -0.1) is 0 Å². The molecule has 1 aromatic carbocycles. The van der Waals surface area contributed by atoms with Crippen LogP contribution in [0.2, 0.25) is 0 Å². The molecule has 1 saturated carbocycles. The summed E-state index contributed by atoms with van der Waals surface area (Å²) in [7, 11) is 0. The van der Waals surface area contributed by atoms with Crippen molar-refractivity contribution in [3.63, 3.8) is 0 Å². The first-order valence-corrected chi connectivity index (χ1v) is 7.77. The Morgan fingerprint density at radius 2 is 2.14 bits per heavy atom. The number of aryl methyl sites for hydroxylation is 2. The maximum absolute atomic E-state index is 12.4. The molecule has 3 rings (SSSR count). The molecule has 4 nitrogen and oxygen atoms in total. The van der Waals surface area contributed by atoms with Gasteiger partial charge in [0.25, 0.3) is 0 Å². The molecule has 1 aromatic heterocycles. The van der Waals surface area contributed by atoms with Gasteiger partial charge in [-0.1, -0.05) is 13.0 Å². The minimum absolute atomic E-state index is 0.116. The fourth-order valence-electron chi connectivity index (χ4n) is 2.97. The standard InChI is InChI=1S/C17H22N2O2/c1-4-10-19-14-7-6-12(3)11-13(14)18-15(19)17(8-9-17)16(20)21-5-2/h6-7,11H,4-5,8-10H2,1-3H3. The highest BCUT2D eigenvalue weighted by atomic mass is 16.5. The van der Waals surface area contributed by atoms with E-state index >= 15 is 0 Å². The highest BCUT2D eigenvalue weighted by molar-refractivity contribution is 5.87. The van der Waals surface area contributed by atoms with E-state index in [0.29, 0.717) is 6.61 Å². The predicted octanol–water partition coefficient (Wildman–Crippen LogP) is 3.35. The van der Waals surface area contributed by atoms with E-state index in [1.165, 1.54) is 5.56 Å². The maximum atomic E-state index is 12.4. The third-order valence-electron chi connectivity index (χ3n) is 4.20.